The maximum atomic E-state index is 12.6. The summed E-state index contributed by atoms with van der Waals surface area (Å²) in [7, 11) is 2.82. The summed E-state index contributed by atoms with van der Waals surface area (Å²) >= 11 is 0. The van der Waals surface area contributed by atoms with Gasteiger partial charge in [0.25, 0.3) is 0 Å². The summed E-state index contributed by atoms with van der Waals surface area (Å²) in [5.41, 5.74) is 1.41. The molecule has 8 heteroatoms. The molecule has 0 saturated heterocycles. The Morgan fingerprint density at radius 3 is 2.37 bits per heavy atom. The van der Waals surface area contributed by atoms with Gasteiger partial charge in [-0.2, -0.15) is 0 Å². The quantitative estimate of drug-likeness (QED) is 0.611. The van der Waals surface area contributed by atoms with Crippen molar-refractivity contribution in [2.45, 2.75) is 32.0 Å². The number of esters is 1. The molecule has 0 spiro atoms. The number of hydrogen-bond donors (Lipinski definition) is 2. The molecule has 2 aromatic rings. The van der Waals surface area contributed by atoms with Crippen molar-refractivity contribution >= 4 is 18.0 Å². The maximum Gasteiger partial charge on any atom is 0.407 e. The number of alkyl carbamates (subject to hydrolysis) is 1. The zero-order valence-corrected chi connectivity index (χ0v) is 17.0. The number of para-hydroxylation sites is 1. The van der Waals surface area contributed by atoms with Crippen LogP contribution in [0, 0.1) is 0 Å². The smallest absolute Gasteiger partial charge is 0.407 e. The van der Waals surface area contributed by atoms with E-state index >= 15 is 0 Å². The Balaban J connectivity index is 1.94. The SMILES string of the molecule is COC(=O)C[C@H](CC(=O)N(C)Cc1ccccc1O)NC(=O)OCc1ccccc1. The van der Waals surface area contributed by atoms with Crippen LogP contribution in [0.3, 0.4) is 0 Å². The van der Waals surface area contributed by atoms with Gasteiger partial charge in [-0.05, 0) is 11.6 Å². The van der Waals surface area contributed by atoms with Crippen molar-refractivity contribution in [1.82, 2.24) is 10.2 Å². The molecule has 0 aliphatic carbocycles. The predicted octanol–water partition coefficient (Wildman–Crippen LogP) is 2.60. The van der Waals surface area contributed by atoms with Crippen molar-refractivity contribution in [1.29, 1.82) is 0 Å². The zero-order valence-electron chi connectivity index (χ0n) is 17.0. The minimum absolute atomic E-state index is 0.0682. The van der Waals surface area contributed by atoms with Crippen LogP contribution in [0.2, 0.25) is 0 Å². The van der Waals surface area contributed by atoms with E-state index in [1.54, 1.807) is 25.2 Å². The molecule has 160 valence electrons. The summed E-state index contributed by atoms with van der Waals surface area (Å²) in [4.78, 5) is 37.9. The molecule has 0 radical (unpaired) electrons. The molecule has 2 N–H and O–H groups in total. The molecular weight excluding hydrogens is 388 g/mol. The van der Waals surface area contributed by atoms with Gasteiger partial charge in [-0.25, -0.2) is 4.79 Å². The lowest BCUT2D eigenvalue weighted by atomic mass is 10.1. The Kier molecular flexibility index (Phi) is 8.68. The average molecular weight is 414 g/mol. The highest BCUT2D eigenvalue weighted by Gasteiger charge is 2.23. The van der Waals surface area contributed by atoms with Crippen molar-refractivity contribution in [2.75, 3.05) is 14.2 Å². The average Bonchev–Trinajstić information content (AvgIpc) is 2.74. The van der Waals surface area contributed by atoms with Gasteiger partial charge >= 0.3 is 12.1 Å². The van der Waals surface area contributed by atoms with Crippen LogP contribution in [-0.2, 0) is 32.2 Å². The van der Waals surface area contributed by atoms with E-state index in [0.29, 0.717) is 5.56 Å². The van der Waals surface area contributed by atoms with E-state index in [4.69, 9.17) is 4.74 Å². The van der Waals surface area contributed by atoms with Crippen LogP contribution < -0.4 is 5.32 Å². The number of benzene rings is 2. The number of rotatable bonds is 9. The first kappa shape index (κ1) is 22.7. The molecule has 0 aromatic heterocycles. The fourth-order valence-electron chi connectivity index (χ4n) is 2.75. The monoisotopic (exact) mass is 414 g/mol. The van der Waals surface area contributed by atoms with Crippen LogP contribution in [0.4, 0.5) is 4.79 Å². The lowest BCUT2D eigenvalue weighted by Gasteiger charge is -2.22. The Morgan fingerprint density at radius 2 is 1.70 bits per heavy atom. The zero-order chi connectivity index (χ0) is 21.9. The van der Waals surface area contributed by atoms with Gasteiger partial charge in [0.05, 0.1) is 19.6 Å². The normalized spacial score (nSPS) is 11.3. The second-order valence-electron chi connectivity index (χ2n) is 6.77. The van der Waals surface area contributed by atoms with Gasteiger partial charge in [-0.1, -0.05) is 48.5 Å². The van der Waals surface area contributed by atoms with E-state index in [1.165, 1.54) is 18.1 Å². The van der Waals surface area contributed by atoms with Gasteiger partial charge in [0.2, 0.25) is 5.91 Å². The predicted molar refractivity (Wildman–Crippen MR) is 109 cm³/mol. The first-order valence-electron chi connectivity index (χ1n) is 9.44. The summed E-state index contributed by atoms with van der Waals surface area (Å²) in [6.45, 7) is 0.258. The molecule has 0 heterocycles. The first-order valence-corrected chi connectivity index (χ1v) is 9.44. The second-order valence-corrected chi connectivity index (χ2v) is 6.77. The molecule has 2 rings (SSSR count). The summed E-state index contributed by atoms with van der Waals surface area (Å²) in [6.07, 6.45) is -1.03. The van der Waals surface area contributed by atoms with Gasteiger partial charge in [-0.3, -0.25) is 9.59 Å². The van der Waals surface area contributed by atoms with Crippen LogP contribution in [0.1, 0.15) is 24.0 Å². The van der Waals surface area contributed by atoms with Crippen molar-refractivity contribution in [2.24, 2.45) is 0 Å². The summed E-state index contributed by atoms with van der Waals surface area (Å²) < 4.78 is 9.82. The lowest BCUT2D eigenvalue weighted by molar-refractivity contribution is -0.141. The van der Waals surface area contributed by atoms with E-state index in [9.17, 15) is 19.5 Å². The van der Waals surface area contributed by atoms with Gasteiger partial charge in [-0.15, -0.1) is 0 Å². The minimum atomic E-state index is -0.792. The molecule has 2 aromatic carbocycles. The van der Waals surface area contributed by atoms with Crippen LogP contribution in [0.15, 0.2) is 54.6 Å². The topological polar surface area (TPSA) is 105 Å². The number of nitrogens with zero attached hydrogens (tertiary/aromatic N) is 1. The number of carbonyl (C=O) groups is 3. The molecule has 0 aliphatic rings. The number of aromatic hydroxyl groups is 1. The fourth-order valence-corrected chi connectivity index (χ4v) is 2.75. The van der Waals surface area contributed by atoms with Crippen molar-refractivity contribution in [3.63, 3.8) is 0 Å². The van der Waals surface area contributed by atoms with Crippen molar-refractivity contribution in [3.05, 3.63) is 65.7 Å². The Bertz CT molecular complexity index is 856. The number of nitrogens with one attached hydrogen (secondary N) is 1. The summed E-state index contributed by atoms with van der Waals surface area (Å²) in [6, 6.07) is 15.1. The number of carbonyl (C=O) groups excluding carboxylic acids is 3. The van der Waals surface area contributed by atoms with E-state index in [-0.39, 0.29) is 37.6 Å². The van der Waals surface area contributed by atoms with E-state index in [1.807, 2.05) is 30.3 Å². The van der Waals surface area contributed by atoms with Crippen LogP contribution in [0.25, 0.3) is 0 Å². The third-order valence-electron chi connectivity index (χ3n) is 4.42. The number of ether oxygens (including phenoxy) is 2. The second kappa shape index (κ2) is 11.5. The summed E-state index contributed by atoms with van der Waals surface area (Å²) in [5, 5.41) is 12.4. The minimum Gasteiger partial charge on any atom is -0.508 e. The van der Waals surface area contributed by atoms with E-state index < -0.39 is 18.1 Å². The molecule has 0 bridgehead atoms. The van der Waals surface area contributed by atoms with Crippen LogP contribution in [-0.4, -0.2) is 48.2 Å². The van der Waals surface area contributed by atoms with Crippen LogP contribution >= 0.6 is 0 Å². The highest BCUT2D eigenvalue weighted by atomic mass is 16.5. The van der Waals surface area contributed by atoms with Gasteiger partial charge in [0.15, 0.2) is 0 Å². The molecule has 2 amide bonds. The van der Waals surface area contributed by atoms with Gasteiger partial charge < -0.3 is 24.8 Å². The number of methoxy groups -OCH3 is 1. The molecule has 0 fully saturated rings. The van der Waals surface area contributed by atoms with E-state index in [2.05, 4.69) is 10.1 Å². The molecule has 8 nitrogen and oxygen atoms in total. The Morgan fingerprint density at radius 1 is 1.03 bits per heavy atom. The third-order valence-corrected chi connectivity index (χ3v) is 4.42. The van der Waals surface area contributed by atoms with Crippen molar-refractivity contribution in [3.8, 4) is 5.75 Å². The van der Waals surface area contributed by atoms with E-state index in [0.717, 1.165) is 5.56 Å². The number of phenols is 1. The van der Waals surface area contributed by atoms with Crippen LogP contribution in [0.5, 0.6) is 5.75 Å². The molecule has 0 saturated carbocycles. The first-order chi connectivity index (χ1) is 14.4. The summed E-state index contributed by atoms with van der Waals surface area (Å²) in [5.74, 6) is -0.777. The highest BCUT2D eigenvalue weighted by Crippen LogP contribution is 2.18. The third kappa shape index (κ3) is 7.46. The fraction of sp³-hybridized carbons (Fsp3) is 0.318. The van der Waals surface area contributed by atoms with Gasteiger partial charge in [0.1, 0.15) is 12.4 Å². The van der Waals surface area contributed by atoms with Gasteiger partial charge in [0, 0.05) is 25.6 Å². The molecule has 1 atom stereocenters. The molecular formula is C22H26N2O6. The molecule has 0 unspecified atom stereocenters. The van der Waals surface area contributed by atoms with Crippen molar-refractivity contribution < 1.29 is 29.0 Å². The standard InChI is InChI=1S/C22H26N2O6/c1-24(14-17-10-6-7-11-19(17)25)20(26)12-18(13-21(27)29-2)23-22(28)30-15-16-8-4-3-5-9-16/h3-11,18,25H,12-15H2,1-2H3,(H,23,28)/t18-/m0/s1. The Labute approximate surface area is 175 Å². The maximum absolute atomic E-state index is 12.6. The number of amides is 2. The lowest BCUT2D eigenvalue weighted by Crippen LogP contribution is -2.41. The largest absolute Gasteiger partial charge is 0.508 e. The highest BCUT2D eigenvalue weighted by molar-refractivity contribution is 5.79. The molecule has 30 heavy (non-hydrogen) atoms. The molecule has 0 aliphatic heterocycles. The number of hydrogen-bond acceptors (Lipinski definition) is 6. The Hall–Kier alpha value is -3.55. The number of phenolic OH excluding ortho intramolecular Hbond substituents is 1.